The number of nitrogens with two attached hydrogens (primary N) is 1. The Hall–Kier alpha value is -2.34. The standard InChI is InChI=1S/C14H10BrN5/c15-10-11(9-5-2-1-3-6-9)19-14(20-12(10)16)13-17-7-4-8-18-13/h1-8H,(H2,16,19,20). The molecular formula is C14H10BrN5. The zero-order valence-electron chi connectivity index (χ0n) is 10.4. The van der Waals surface area contributed by atoms with Gasteiger partial charge in [0.05, 0.1) is 10.2 Å². The SMILES string of the molecule is Nc1nc(-c2ncccn2)nc(-c2ccccc2)c1Br. The van der Waals surface area contributed by atoms with Crippen LogP contribution in [0.3, 0.4) is 0 Å². The van der Waals surface area contributed by atoms with Crippen molar-refractivity contribution in [2.75, 3.05) is 5.73 Å². The molecular weight excluding hydrogens is 318 g/mol. The van der Waals surface area contributed by atoms with Crippen molar-refractivity contribution < 1.29 is 0 Å². The van der Waals surface area contributed by atoms with Crippen LogP contribution in [0, 0.1) is 0 Å². The van der Waals surface area contributed by atoms with Crippen molar-refractivity contribution in [3.8, 4) is 22.9 Å². The smallest absolute Gasteiger partial charge is 0.200 e. The maximum absolute atomic E-state index is 5.94. The van der Waals surface area contributed by atoms with Crippen LogP contribution in [0.1, 0.15) is 0 Å². The minimum atomic E-state index is 0.362. The summed E-state index contributed by atoms with van der Waals surface area (Å²) in [5, 5.41) is 0. The highest BCUT2D eigenvalue weighted by Gasteiger charge is 2.14. The summed E-state index contributed by atoms with van der Waals surface area (Å²) < 4.78 is 0.670. The van der Waals surface area contributed by atoms with Gasteiger partial charge in [-0.1, -0.05) is 30.3 Å². The third-order valence-electron chi connectivity index (χ3n) is 2.69. The largest absolute Gasteiger partial charge is 0.383 e. The van der Waals surface area contributed by atoms with Crippen molar-refractivity contribution in [2.24, 2.45) is 0 Å². The number of nitrogen functional groups attached to an aromatic ring is 1. The molecule has 20 heavy (non-hydrogen) atoms. The van der Waals surface area contributed by atoms with E-state index in [4.69, 9.17) is 5.73 Å². The van der Waals surface area contributed by atoms with Crippen molar-refractivity contribution in [3.05, 3.63) is 53.3 Å². The van der Waals surface area contributed by atoms with Gasteiger partial charge in [0.15, 0.2) is 11.6 Å². The third-order valence-corrected chi connectivity index (χ3v) is 3.47. The minimum absolute atomic E-state index is 0.362. The summed E-state index contributed by atoms with van der Waals surface area (Å²) in [4.78, 5) is 17.0. The summed E-state index contributed by atoms with van der Waals surface area (Å²) in [6.07, 6.45) is 3.29. The number of hydrogen-bond acceptors (Lipinski definition) is 5. The lowest BCUT2D eigenvalue weighted by Gasteiger charge is -2.08. The molecule has 98 valence electrons. The Morgan fingerprint density at radius 1 is 0.850 bits per heavy atom. The van der Waals surface area contributed by atoms with Crippen molar-refractivity contribution in [1.82, 2.24) is 19.9 Å². The monoisotopic (exact) mass is 327 g/mol. The number of aromatic nitrogens is 4. The van der Waals surface area contributed by atoms with E-state index in [9.17, 15) is 0 Å². The molecule has 0 aliphatic carbocycles. The van der Waals surface area contributed by atoms with E-state index in [2.05, 4.69) is 35.9 Å². The Bertz CT molecular complexity index is 731. The lowest BCUT2D eigenvalue weighted by Crippen LogP contribution is -2.02. The first kappa shape index (κ1) is 12.7. The molecule has 0 radical (unpaired) electrons. The zero-order chi connectivity index (χ0) is 13.9. The fourth-order valence-corrected chi connectivity index (χ4v) is 2.17. The normalized spacial score (nSPS) is 10.4. The molecule has 0 spiro atoms. The average molecular weight is 328 g/mol. The van der Waals surface area contributed by atoms with Gasteiger partial charge >= 0.3 is 0 Å². The number of hydrogen-bond donors (Lipinski definition) is 1. The van der Waals surface area contributed by atoms with E-state index in [1.165, 1.54) is 0 Å². The number of nitrogens with zero attached hydrogens (tertiary/aromatic N) is 4. The summed E-state index contributed by atoms with van der Waals surface area (Å²) in [5.74, 6) is 1.22. The highest BCUT2D eigenvalue weighted by molar-refractivity contribution is 9.10. The van der Waals surface area contributed by atoms with Gasteiger partial charge in [-0.25, -0.2) is 19.9 Å². The highest BCUT2D eigenvalue weighted by Crippen LogP contribution is 2.31. The van der Waals surface area contributed by atoms with Gasteiger partial charge in [-0.2, -0.15) is 0 Å². The Kier molecular flexibility index (Phi) is 3.39. The van der Waals surface area contributed by atoms with E-state index < -0.39 is 0 Å². The Balaban J connectivity index is 2.19. The minimum Gasteiger partial charge on any atom is -0.383 e. The number of halogens is 1. The molecule has 0 aliphatic rings. The Morgan fingerprint density at radius 2 is 1.55 bits per heavy atom. The van der Waals surface area contributed by atoms with Crippen LogP contribution in [0.4, 0.5) is 5.82 Å². The van der Waals surface area contributed by atoms with Crippen LogP contribution >= 0.6 is 15.9 Å². The van der Waals surface area contributed by atoms with Crippen molar-refractivity contribution in [2.45, 2.75) is 0 Å². The van der Waals surface area contributed by atoms with Gasteiger partial charge in [0.1, 0.15) is 5.82 Å². The highest BCUT2D eigenvalue weighted by atomic mass is 79.9. The van der Waals surface area contributed by atoms with Crippen molar-refractivity contribution in [1.29, 1.82) is 0 Å². The first-order chi connectivity index (χ1) is 9.75. The molecule has 0 bridgehead atoms. The summed E-state index contributed by atoms with van der Waals surface area (Å²) >= 11 is 3.43. The van der Waals surface area contributed by atoms with Gasteiger partial charge < -0.3 is 5.73 Å². The van der Waals surface area contributed by atoms with Gasteiger partial charge in [-0.05, 0) is 22.0 Å². The molecule has 5 nitrogen and oxygen atoms in total. The molecule has 3 rings (SSSR count). The number of rotatable bonds is 2. The van der Waals surface area contributed by atoms with Crippen molar-refractivity contribution in [3.63, 3.8) is 0 Å². The van der Waals surface area contributed by atoms with Gasteiger partial charge in [-0.3, -0.25) is 0 Å². The molecule has 2 aromatic heterocycles. The molecule has 0 saturated heterocycles. The van der Waals surface area contributed by atoms with Crippen molar-refractivity contribution >= 4 is 21.7 Å². The van der Waals surface area contributed by atoms with E-state index in [-0.39, 0.29) is 0 Å². The van der Waals surface area contributed by atoms with Gasteiger partial charge in [-0.15, -0.1) is 0 Å². The topological polar surface area (TPSA) is 77.6 Å². The predicted octanol–water partition coefficient (Wildman–Crippen LogP) is 2.95. The van der Waals surface area contributed by atoms with Crippen LogP contribution in [-0.4, -0.2) is 19.9 Å². The van der Waals surface area contributed by atoms with E-state index in [0.717, 1.165) is 11.3 Å². The lowest BCUT2D eigenvalue weighted by molar-refractivity contribution is 1.08. The summed E-state index contributed by atoms with van der Waals surface area (Å²) in [7, 11) is 0. The molecule has 6 heteroatoms. The van der Waals surface area contributed by atoms with Gasteiger partial charge in [0.2, 0.25) is 0 Å². The Labute approximate surface area is 124 Å². The first-order valence-electron chi connectivity index (χ1n) is 5.91. The molecule has 0 fully saturated rings. The molecule has 0 aliphatic heterocycles. The van der Waals surface area contributed by atoms with E-state index in [0.29, 0.717) is 21.9 Å². The number of anilines is 1. The average Bonchev–Trinajstić information content (AvgIpc) is 2.51. The molecule has 0 saturated carbocycles. The van der Waals surface area contributed by atoms with Crippen LogP contribution in [0.25, 0.3) is 22.9 Å². The van der Waals surface area contributed by atoms with Crippen LogP contribution in [0.15, 0.2) is 53.3 Å². The zero-order valence-corrected chi connectivity index (χ0v) is 11.9. The maximum Gasteiger partial charge on any atom is 0.200 e. The second kappa shape index (κ2) is 5.34. The molecule has 2 N–H and O–H groups in total. The van der Waals surface area contributed by atoms with Crippen LogP contribution in [0.2, 0.25) is 0 Å². The molecule has 0 amide bonds. The fourth-order valence-electron chi connectivity index (χ4n) is 1.77. The van der Waals surface area contributed by atoms with E-state index in [1.807, 2.05) is 30.3 Å². The molecule has 0 atom stereocenters. The van der Waals surface area contributed by atoms with Gasteiger partial charge in [0.25, 0.3) is 0 Å². The lowest BCUT2D eigenvalue weighted by atomic mass is 10.1. The summed E-state index contributed by atoms with van der Waals surface area (Å²) in [6.45, 7) is 0. The van der Waals surface area contributed by atoms with Crippen LogP contribution in [-0.2, 0) is 0 Å². The van der Waals surface area contributed by atoms with E-state index >= 15 is 0 Å². The molecule has 2 heterocycles. The maximum atomic E-state index is 5.94. The fraction of sp³-hybridized carbons (Fsp3) is 0. The molecule has 3 aromatic rings. The first-order valence-corrected chi connectivity index (χ1v) is 6.71. The van der Waals surface area contributed by atoms with E-state index in [1.54, 1.807) is 18.5 Å². The third kappa shape index (κ3) is 2.37. The predicted molar refractivity (Wildman–Crippen MR) is 80.6 cm³/mol. The number of benzene rings is 1. The molecule has 0 unspecified atom stereocenters. The summed E-state index contributed by atoms with van der Waals surface area (Å²) in [6, 6.07) is 11.5. The Morgan fingerprint density at radius 3 is 2.25 bits per heavy atom. The molecule has 1 aromatic carbocycles. The van der Waals surface area contributed by atoms with Crippen LogP contribution in [0.5, 0.6) is 0 Å². The van der Waals surface area contributed by atoms with Crippen LogP contribution < -0.4 is 5.73 Å². The van der Waals surface area contributed by atoms with Gasteiger partial charge in [0, 0.05) is 18.0 Å². The second-order valence-electron chi connectivity index (χ2n) is 4.03. The summed E-state index contributed by atoms with van der Waals surface area (Å²) in [5.41, 5.74) is 7.62. The second-order valence-corrected chi connectivity index (χ2v) is 4.83. The quantitative estimate of drug-likeness (QED) is 0.782.